The van der Waals surface area contributed by atoms with Crippen LogP contribution in [-0.4, -0.2) is 55.3 Å². The minimum Gasteiger partial charge on any atom is -0.455 e. The third kappa shape index (κ3) is 11.2. The fourth-order valence-corrected chi connectivity index (χ4v) is 5.14. The van der Waals surface area contributed by atoms with Crippen molar-refractivity contribution in [1.29, 1.82) is 0 Å². The van der Waals surface area contributed by atoms with Gasteiger partial charge >= 0.3 is 5.97 Å². The molecule has 0 spiro atoms. The second kappa shape index (κ2) is 19.0. The van der Waals surface area contributed by atoms with Crippen LogP contribution in [-0.2, 0) is 36.7 Å². The molecule has 3 N–H and O–H groups in total. The molecule has 0 saturated heterocycles. The molecule has 0 aliphatic rings. The van der Waals surface area contributed by atoms with Gasteiger partial charge in [0, 0.05) is 7.11 Å². The summed E-state index contributed by atoms with van der Waals surface area (Å²) in [4.78, 5) is 40.7. The molecule has 0 aliphatic carbocycles. The molecule has 1 unspecified atom stereocenters. The predicted molar refractivity (Wildman–Crippen MR) is 175 cm³/mol. The van der Waals surface area contributed by atoms with Crippen molar-refractivity contribution in [2.45, 2.75) is 43.9 Å². The monoisotopic (exact) mass is 612 g/mol. The molecule has 3 aromatic rings. The number of aliphatic hydroxyl groups excluding tert-OH is 1. The van der Waals surface area contributed by atoms with Crippen LogP contribution in [0, 0.1) is 11.8 Å². The zero-order valence-corrected chi connectivity index (χ0v) is 25.8. The van der Waals surface area contributed by atoms with Gasteiger partial charge in [-0.25, -0.2) is 0 Å². The van der Waals surface area contributed by atoms with Crippen molar-refractivity contribution in [1.82, 2.24) is 10.6 Å². The van der Waals surface area contributed by atoms with Crippen LogP contribution in [0.15, 0.2) is 116 Å². The van der Waals surface area contributed by atoms with Gasteiger partial charge in [-0.1, -0.05) is 103 Å². The van der Waals surface area contributed by atoms with E-state index in [0.29, 0.717) is 24.8 Å². The van der Waals surface area contributed by atoms with Gasteiger partial charge in [0.1, 0.15) is 12.0 Å². The number of ether oxygens (including phenoxy) is 2. The van der Waals surface area contributed by atoms with E-state index in [1.54, 1.807) is 6.08 Å². The number of methoxy groups -OCH3 is 1. The third-order valence-electron chi connectivity index (χ3n) is 7.45. The van der Waals surface area contributed by atoms with Crippen LogP contribution in [0.4, 0.5) is 0 Å². The van der Waals surface area contributed by atoms with Gasteiger partial charge < -0.3 is 25.2 Å². The Kier molecular flexibility index (Phi) is 14.7. The average molecular weight is 613 g/mol. The van der Waals surface area contributed by atoms with Gasteiger partial charge in [-0.3, -0.25) is 14.4 Å². The highest BCUT2D eigenvalue weighted by atomic mass is 16.5. The van der Waals surface area contributed by atoms with Crippen LogP contribution in [0.25, 0.3) is 0 Å². The molecule has 0 bridgehead atoms. The Morgan fingerprint density at radius 1 is 0.778 bits per heavy atom. The second-order valence-electron chi connectivity index (χ2n) is 10.9. The molecule has 0 heterocycles. The fraction of sp³-hybridized carbons (Fsp3) is 0.324. The lowest BCUT2D eigenvalue weighted by Crippen LogP contribution is -2.51. The largest absolute Gasteiger partial charge is 0.455 e. The molecule has 238 valence electrons. The van der Waals surface area contributed by atoms with Crippen LogP contribution in [0.2, 0.25) is 0 Å². The van der Waals surface area contributed by atoms with Gasteiger partial charge in [-0.05, 0) is 42.4 Å². The molecule has 0 aromatic heterocycles. The van der Waals surface area contributed by atoms with Gasteiger partial charge in [-0.15, -0.1) is 13.2 Å². The van der Waals surface area contributed by atoms with Crippen molar-refractivity contribution in [3.8, 4) is 0 Å². The number of rotatable bonds is 19. The highest BCUT2D eigenvalue weighted by Crippen LogP contribution is 2.26. The van der Waals surface area contributed by atoms with E-state index in [9.17, 15) is 19.5 Å². The summed E-state index contributed by atoms with van der Waals surface area (Å²) in [5.41, 5.74) is 2.60. The molecule has 0 saturated carbocycles. The molecule has 5 atom stereocenters. The molecule has 0 aliphatic heterocycles. The molecule has 45 heavy (non-hydrogen) atoms. The highest BCUT2D eigenvalue weighted by molar-refractivity contribution is 6.00. The summed E-state index contributed by atoms with van der Waals surface area (Å²) < 4.78 is 11.6. The van der Waals surface area contributed by atoms with Gasteiger partial charge in [0.2, 0.25) is 11.8 Å². The van der Waals surface area contributed by atoms with Crippen molar-refractivity contribution < 1.29 is 29.0 Å². The highest BCUT2D eigenvalue weighted by Gasteiger charge is 2.35. The number of benzene rings is 3. The van der Waals surface area contributed by atoms with Crippen LogP contribution in [0.5, 0.6) is 0 Å². The summed E-state index contributed by atoms with van der Waals surface area (Å²) in [6, 6.07) is 26.9. The number of esters is 1. The maximum absolute atomic E-state index is 13.7. The van der Waals surface area contributed by atoms with Crippen LogP contribution in [0.3, 0.4) is 0 Å². The Balaban J connectivity index is 1.82. The lowest BCUT2D eigenvalue weighted by molar-refractivity contribution is -0.158. The number of carbonyl (C=O) groups excluding carboxylic acids is 3. The lowest BCUT2D eigenvalue weighted by Gasteiger charge is -2.30. The van der Waals surface area contributed by atoms with Gasteiger partial charge in [0.15, 0.2) is 0 Å². The summed E-state index contributed by atoms with van der Waals surface area (Å²) in [6.45, 7) is 7.27. The molecule has 8 heteroatoms. The molecular weight excluding hydrogens is 568 g/mol. The number of carbonyl (C=O) groups is 3. The summed E-state index contributed by atoms with van der Waals surface area (Å²) >= 11 is 0. The molecule has 2 amide bonds. The first-order valence-electron chi connectivity index (χ1n) is 15.2. The normalized spacial score (nSPS) is 14.2. The zero-order chi connectivity index (χ0) is 32.4. The minimum absolute atomic E-state index is 0.0130. The summed E-state index contributed by atoms with van der Waals surface area (Å²) in [5.74, 6) is -3.18. The quantitative estimate of drug-likeness (QED) is 0.102. The zero-order valence-electron chi connectivity index (χ0n) is 25.8. The van der Waals surface area contributed by atoms with E-state index < -0.39 is 47.8 Å². The van der Waals surface area contributed by atoms with Crippen LogP contribution in [0.1, 0.15) is 35.6 Å². The van der Waals surface area contributed by atoms with Crippen molar-refractivity contribution >= 4 is 17.8 Å². The number of allylic oxidation sites excluding steroid dienone is 2. The van der Waals surface area contributed by atoms with E-state index >= 15 is 0 Å². The van der Waals surface area contributed by atoms with E-state index in [0.717, 1.165) is 11.1 Å². The Hall–Kier alpha value is -4.53. The first-order valence-corrected chi connectivity index (χ1v) is 15.2. The SMILES string of the molecule is C=CCC(C(=O)N[C@@H](CO)Cc1ccccc1)C(=O)N[C@@H](COC)[C@@H](OC(=O)[C@H](CC=C)Cc1ccccc1)c1ccccc1. The minimum atomic E-state index is -1.13. The Bertz CT molecular complexity index is 1350. The first-order chi connectivity index (χ1) is 21.9. The number of aliphatic hydroxyl groups is 1. The van der Waals surface area contributed by atoms with E-state index in [-0.39, 0.29) is 19.6 Å². The smallest absolute Gasteiger partial charge is 0.310 e. The second-order valence-corrected chi connectivity index (χ2v) is 10.9. The maximum atomic E-state index is 13.7. The first kappa shape index (κ1) is 35.0. The topological polar surface area (TPSA) is 114 Å². The van der Waals surface area contributed by atoms with Crippen LogP contribution < -0.4 is 10.6 Å². The third-order valence-corrected chi connectivity index (χ3v) is 7.45. The summed E-state index contributed by atoms with van der Waals surface area (Å²) in [5, 5.41) is 15.7. The van der Waals surface area contributed by atoms with Crippen molar-refractivity contribution in [3.05, 3.63) is 133 Å². The van der Waals surface area contributed by atoms with Crippen molar-refractivity contribution in [3.63, 3.8) is 0 Å². The molecule has 3 aromatic carbocycles. The number of hydrogen-bond donors (Lipinski definition) is 3. The number of hydrogen-bond acceptors (Lipinski definition) is 6. The Morgan fingerprint density at radius 3 is 1.84 bits per heavy atom. The standard InChI is InChI=1S/C37H44N2O6/c1-4-15-30(23-27-17-9-6-10-18-27)37(43)45-34(29-21-13-8-14-22-29)33(26-44-3)39-36(42)32(16-5-2)35(41)38-31(25-40)24-28-19-11-7-12-20-28/h4-14,17-22,30-34,40H,1-2,15-16,23-26H2,3H3,(H,38,41)(H,39,42)/t30-,31-,32?,33+,34+/m1/s1. The Morgan fingerprint density at radius 2 is 1.31 bits per heavy atom. The van der Waals surface area contributed by atoms with Gasteiger partial charge in [0.05, 0.1) is 31.2 Å². The Labute approximate surface area is 266 Å². The van der Waals surface area contributed by atoms with Crippen LogP contribution >= 0.6 is 0 Å². The van der Waals surface area contributed by atoms with E-state index in [4.69, 9.17) is 9.47 Å². The van der Waals surface area contributed by atoms with E-state index in [2.05, 4.69) is 23.8 Å². The summed E-state index contributed by atoms with van der Waals surface area (Å²) in [7, 11) is 1.49. The van der Waals surface area contributed by atoms with Crippen molar-refractivity contribution in [2.75, 3.05) is 20.3 Å². The van der Waals surface area contributed by atoms with E-state index in [1.165, 1.54) is 13.2 Å². The average Bonchev–Trinajstić information content (AvgIpc) is 3.06. The summed E-state index contributed by atoms with van der Waals surface area (Å²) in [6.07, 6.45) is 3.63. The lowest BCUT2D eigenvalue weighted by atomic mass is 9.95. The number of nitrogens with one attached hydrogen (secondary N) is 2. The molecular formula is C37H44N2O6. The van der Waals surface area contributed by atoms with Gasteiger partial charge in [-0.2, -0.15) is 0 Å². The molecule has 0 radical (unpaired) electrons. The van der Waals surface area contributed by atoms with E-state index in [1.807, 2.05) is 91.0 Å². The maximum Gasteiger partial charge on any atom is 0.310 e. The van der Waals surface area contributed by atoms with Crippen molar-refractivity contribution in [2.24, 2.45) is 11.8 Å². The molecule has 0 fully saturated rings. The number of amides is 2. The molecule has 8 nitrogen and oxygen atoms in total. The predicted octanol–water partition coefficient (Wildman–Crippen LogP) is 4.75. The molecule has 3 rings (SSSR count). The van der Waals surface area contributed by atoms with Gasteiger partial charge in [0.25, 0.3) is 0 Å². The fourth-order valence-electron chi connectivity index (χ4n) is 5.14.